The molecule has 9 nitrogen and oxygen atoms in total. The van der Waals surface area contributed by atoms with Gasteiger partial charge >= 0.3 is 0 Å². The van der Waals surface area contributed by atoms with Crippen molar-refractivity contribution < 1.29 is 41.0 Å². The number of aliphatic hydroxyl groups is 1. The summed E-state index contributed by atoms with van der Waals surface area (Å²) >= 11 is 0. The molecule has 0 unspecified atom stereocenters. The molecular weight excluding hydrogens is 623 g/mol. The van der Waals surface area contributed by atoms with Gasteiger partial charge < -0.3 is 20.3 Å². The molecule has 0 amide bonds. The third-order valence-corrected chi connectivity index (χ3v) is 9.87. The van der Waals surface area contributed by atoms with Crippen LogP contribution in [0.15, 0.2) is 42.7 Å². The van der Waals surface area contributed by atoms with Gasteiger partial charge in [-0.25, -0.2) is 26.6 Å². The van der Waals surface area contributed by atoms with E-state index in [1.807, 2.05) is 13.0 Å². The summed E-state index contributed by atoms with van der Waals surface area (Å²) in [5.41, 5.74) is 4.95. The number of benzene rings is 1. The van der Waals surface area contributed by atoms with Crippen LogP contribution in [0, 0.1) is 23.4 Å². The number of halogens is 3. The van der Waals surface area contributed by atoms with Gasteiger partial charge in [0, 0.05) is 57.2 Å². The van der Waals surface area contributed by atoms with Gasteiger partial charge in [0.1, 0.15) is 38.7 Å². The molecule has 4 atom stereocenters. The molecule has 13 heteroatoms. The van der Waals surface area contributed by atoms with E-state index in [-0.39, 0.29) is 80.1 Å². The highest BCUT2D eigenvalue weighted by molar-refractivity contribution is 7.90. The number of nitrogens with two attached hydrogens (primary N) is 1. The first-order valence-electron chi connectivity index (χ1n) is 15.2. The zero-order chi connectivity index (χ0) is 33.2. The number of ketones is 1. The van der Waals surface area contributed by atoms with Crippen molar-refractivity contribution in [1.29, 1.82) is 0 Å². The van der Waals surface area contributed by atoms with Crippen molar-refractivity contribution in [3.8, 4) is 11.3 Å². The molecule has 3 aromatic rings. The Labute approximate surface area is 266 Å². The van der Waals surface area contributed by atoms with Crippen LogP contribution in [0.4, 0.5) is 13.2 Å². The predicted molar refractivity (Wildman–Crippen MR) is 164 cm³/mol. The Morgan fingerprint density at radius 3 is 2.46 bits per heavy atom. The lowest BCUT2D eigenvalue weighted by molar-refractivity contribution is -0.0682. The number of rotatable bonds is 10. The third kappa shape index (κ3) is 7.66. The third-order valence-electron chi connectivity index (χ3n) is 8.96. The lowest BCUT2D eigenvalue weighted by atomic mass is 9.73. The van der Waals surface area contributed by atoms with Crippen molar-refractivity contribution in [2.45, 2.75) is 62.7 Å². The van der Waals surface area contributed by atoms with Crippen molar-refractivity contribution in [3.63, 3.8) is 0 Å². The van der Waals surface area contributed by atoms with Crippen LogP contribution >= 0.6 is 0 Å². The summed E-state index contributed by atoms with van der Waals surface area (Å²) in [5.74, 6) is -3.84. The zero-order valence-electron chi connectivity index (χ0n) is 25.7. The molecular formula is C33H38F3N3O6S. The number of carbonyl (C=O) groups is 1. The average Bonchev–Trinajstić information content (AvgIpc) is 2.99. The zero-order valence-corrected chi connectivity index (χ0v) is 26.5. The van der Waals surface area contributed by atoms with Crippen molar-refractivity contribution in [2.24, 2.45) is 11.7 Å². The Morgan fingerprint density at radius 2 is 1.80 bits per heavy atom. The lowest BCUT2D eigenvalue weighted by Gasteiger charge is -2.39. The van der Waals surface area contributed by atoms with E-state index in [9.17, 15) is 22.7 Å². The van der Waals surface area contributed by atoms with Crippen molar-refractivity contribution in [3.05, 3.63) is 82.6 Å². The second-order valence-electron chi connectivity index (χ2n) is 12.4. The summed E-state index contributed by atoms with van der Waals surface area (Å²) in [6.45, 7) is 2.51. The van der Waals surface area contributed by atoms with E-state index in [4.69, 9.17) is 15.2 Å². The number of aromatic nitrogens is 2. The molecule has 2 aliphatic rings. The van der Waals surface area contributed by atoms with E-state index >= 15 is 8.78 Å². The summed E-state index contributed by atoms with van der Waals surface area (Å²) in [6, 6.07) is 5.51. The number of carbonyl (C=O) groups excluding carboxylic acids is 1. The Hall–Kier alpha value is -3.23. The van der Waals surface area contributed by atoms with E-state index in [0.29, 0.717) is 18.4 Å². The normalized spacial score (nSPS) is 23.3. The molecule has 5 rings (SSSR count). The fourth-order valence-electron chi connectivity index (χ4n) is 6.53. The maximum absolute atomic E-state index is 15.3. The van der Waals surface area contributed by atoms with Gasteiger partial charge in [-0.15, -0.1) is 0 Å². The molecule has 1 aliphatic heterocycles. The van der Waals surface area contributed by atoms with E-state index in [0.717, 1.165) is 30.0 Å². The highest BCUT2D eigenvalue weighted by Crippen LogP contribution is 2.39. The van der Waals surface area contributed by atoms with Crippen LogP contribution in [0.1, 0.15) is 65.7 Å². The first-order chi connectivity index (χ1) is 21.8. The molecule has 3 heterocycles. The number of Topliss-reactive ketones (excluding diaryl/α,β-unsaturated/α-hetero) is 1. The maximum atomic E-state index is 15.3. The minimum atomic E-state index is -3.17. The first kappa shape index (κ1) is 34.1. The fraction of sp³-hybridized carbons (Fsp3) is 0.485. The molecule has 1 aliphatic carbocycles. The number of nitrogens with zero attached hydrogens (tertiary/aromatic N) is 2. The summed E-state index contributed by atoms with van der Waals surface area (Å²) in [7, 11) is -3.17. The van der Waals surface area contributed by atoms with Crippen molar-refractivity contribution >= 4 is 15.6 Å². The van der Waals surface area contributed by atoms with Crippen LogP contribution in [0.5, 0.6) is 0 Å². The molecule has 46 heavy (non-hydrogen) atoms. The van der Waals surface area contributed by atoms with Gasteiger partial charge in [0.05, 0.1) is 29.6 Å². The van der Waals surface area contributed by atoms with Gasteiger partial charge in [-0.05, 0) is 71.7 Å². The number of pyridine rings is 2. The van der Waals surface area contributed by atoms with Crippen LogP contribution in [0.25, 0.3) is 11.3 Å². The molecule has 3 N–H and O–H groups in total. The SMILES string of the molecule is C[C@H]1C[C@@H](c2ccncc2CC(=O)c2ccc(F)c(-c3c(F)cc(C4(O)CCOCC4)cc3F)n2)C[C@@H](N)[C@H]1OCCS(C)(=O)=O. The summed E-state index contributed by atoms with van der Waals surface area (Å²) in [6.07, 6.45) is 5.41. The van der Waals surface area contributed by atoms with Gasteiger partial charge in [0.2, 0.25) is 0 Å². The van der Waals surface area contributed by atoms with Crippen molar-refractivity contribution in [1.82, 2.24) is 9.97 Å². The molecule has 0 radical (unpaired) electrons. The van der Waals surface area contributed by atoms with Crippen LogP contribution in [0.3, 0.4) is 0 Å². The van der Waals surface area contributed by atoms with Gasteiger partial charge in [0.15, 0.2) is 5.78 Å². The molecule has 0 spiro atoms. The number of hydrogen-bond donors (Lipinski definition) is 2. The standard InChI is InChI=1S/C33H38F3N3O6S/c1-19-13-20(14-27(37)32(19)45-11-12-46(2,42)43)23-5-8-38-18-21(23)15-29(40)28-4-3-24(34)31(39-28)30-25(35)16-22(17-26(30)36)33(41)6-9-44-10-7-33/h3-5,8,16-20,27,32,41H,6-7,9-15,37H2,1-2H3/t19-,20+,27+,32-/m0/s1. The Morgan fingerprint density at radius 1 is 1.11 bits per heavy atom. The van der Waals surface area contributed by atoms with Gasteiger partial charge in [0.25, 0.3) is 0 Å². The van der Waals surface area contributed by atoms with Gasteiger partial charge in [-0.2, -0.15) is 0 Å². The van der Waals surface area contributed by atoms with E-state index in [1.54, 1.807) is 12.4 Å². The number of hydrogen-bond acceptors (Lipinski definition) is 9. The monoisotopic (exact) mass is 661 g/mol. The van der Waals surface area contributed by atoms with Crippen LogP contribution in [-0.4, -0.2) is 73.3 Å². The second kappa shape index (κ2) is 13.9. The quantitative estimate of drug-likeness (QED) is 0.305. The van der Waals surface area contributed by atoms with Crippen LogP contribution in [0.2, 0.25) is 0 Å². The van der Waals surface area contributed by atoms with Gasteiger partial charge in [-0.1, -0.05) is 6.92 Å². The van der Waals surface area contributed by atoms with Crippen LogP contribution < -0.4 is 5.73 Å². The smallest absolute Gasteiger partial charge is 0.185 e. The summed E-state index contributed by atoms with van der Waals surface area (Å²) in [5, 5.41) is 10.9. The van der Waals surface area contributed by atoms with E-state index < -0.39 is 49.9 Å². The minimum absolute atomic E-state index is 0.00897. The highest BCUT2D eigenvalue weighted by Gasteiger charge is 2.37. The number of ether oxygens (including phenoxy) is 2. The van der Waals surface area contributed by atoms with Gasteiger partial charge in [-0.3, -0.25) is 9.78 Å². The second-order valence-corrected chi connectivity index (χ2v) is 14.7. The topological polar surface area (TPSA) is 142 Å². The fourth-order valence-corrected chi connectivity index (χ4v) is 6.93. The molecule has 248 valence electrons. The summed E-state index contributed by atoms with van der Waals surface area (Å²) < 4.78 is 79.7. The Balaban J connectivity index is 1.34. The molecule has 1 saturated carbocycles. The minimum Gasteiger partial charge on any atom is -0.385 e. The predicted octanol–water partition coefficient (Wildman–Crippen LogP) is 4.25. The van der Waals surface area contributed by atoms with E-state index in [1.165, 1.54) is 6.07 Å². The van der Waals surface area contributed by atoms with Crippen molar-refractivity contribution in [2.75, 3.05) is 31.8 Å². The molecule has 1 aromatic carbocycles. The first-order valence-corrected chi connectivity index (χ1v) is 17.3. The number of sulfone groups is 1. The summed E-state index contributed by atoms with van der Waals surface area (Å²) in [4.78, 5) is 21.7. The maximum Gasteiger partial charge on any atom is 0.185 e. The lowest BCUT2D eigenvalue weighted by Crippen LogP contribution is -2.47. The molecule has 0 bridgehead atoms. The molecule has 1 saturated heterocycles. The molecule has 2 aromatic heterocycles. The Kier molecular flexibility index (Phi) is 10.3. The van der Waals surface area contributed by atoms with E-state index in [2.05, 4.69) is 9.97 Å². The largest absolute Gasteiger partial charge is 0.385 e. The highest BCUT2D eigenvalue weighted by atomic mass is 32.2. The Bertz CT molecular complexity index is 1660. The molecule has 2 fully saturated rings. The average molecular weight is 662 g/mol. The van der Waals surface area contributed by atoms with Crippen LogP contribution in [-0.2, 0) is 31.3 Å².